The molecule has 4 heteroatoms. The smallest absolute Gasteiger partial charge is 0.169 e. The van der Waals surface area contributed by atoms with Gasteiger partial charge in [0.2, 0.25) is 0 Å². The van der Waals surface area contributed by atoms with E-state index in [2.05, 4.69) is 29.5 Å². The zero-order chi connectivity index (χ0) is 8.81. The Morgan fingerprint density at radius 3 is 3.17 bits per heavy atom. The number of thiol groups is 1. The van der Waals surface area contributed by atoms with Gasteiger partial charge in [0.05, 0.1) is 0 Å². The van der Waals surface area contributed by atoms with Crippen molar-refractivity contribution in [1.29, 1.82) is 0 Å². The largest absolute Gasteiger partial charge is 0.296 e. The number of carbonyl (C=O) groups excluding carboxylic acids is 1. The summed E-state index contributed by atoms with van der Waals surface area (Å²) in [6.07, 6.45) is 1.47. The molecule has 0 spiro atoms. The molecule has 1 rings (SSSR count). The van der Waals surface area contributed by atoms with Crippen molar-refractivity contribution in [3.63, 3.8) is 0 Å². The molecule has 12 heavy (non-hydrogen) atoms. The zero-order valence-electron chi connectivity index (χ0n) is 6.28. The average molecular weight is 197 g/mol. The molecule has 0 bridgehead atoms. The highest BCUT2D eigenvalue weighted by molar-refractivity contribution is 7.80. The molecule has 0 aliphatic rings. The molecule has 0 atom stereocenters. The number of carbonyl (C=O) groups is 1. The Morgan fingerprint density at radius 2 is 2.58 bits per heavy atom. The molecule has 0 saturated heterocycles. The number of nitrogens with zero attached hydrogens (tertiary/aromatic N) is 1. The van der Waals surface area contributed by atoms with Crippen molar-refractivity contribution in [2.24, 2.45) is 0 Å². The second kappa shape index (κ2) is 4.96. The van der Waals surface area contributed by atoms with Crippen molar-refractivity contribution in [3.8, 4) is 11.8 Å². The van der Waals surface area contributed by atoms with Gasteiger partial charge >= 0.3 is 0 Å². The Balaban J connectivity index is 2.65. The van der Waals surface area contributed by atoms with E-state index in [-0.39, 0.29) is 0 Å². The standard InChI is InChI=1S/C8H7NOS2/c10-5-7-6-12-8(9-7)3-1-2-4-11/h5-6,11H,2,4H2. The molecule has 0 aliphatic carbocycles. The molecule has 0 fully saturated rings. The molecular weight excluding hydrogens is 190 g/mol. The van der Waals surface area contributed by atoms with Crippen LogP contribution in [0.25, 0.3) is 0 Å². The van der Waals surface area contributed by atoms with Crippen molar-refractivity contribution in [2.75, 3.05) is 5.75 Å². The van der Waals surface area contributed by atoms with Gasteiger partial charge in [0.1, 0.15) is 5.69 Å². The fourth-order valence-corrected chi connectivity index (χ4v) is 1.33. The van der Waals surface area contributed by atoms with E-state index in [0.29, 0.717) is 10.7 Å². The van der Waals surface area contributed by atoms with Crippen LogP contribution in [0.5, 0.6) is 0 Å². The molecule has 0 saturated carbocycles. The van der Waals surface area contributed by atoms with Gasteiger partial charge in [-0.3, -0.25) is 4.79 Å². The van der Waals surface area contributed by atoms with Gasteiger partial charge in [-0.25, -0.2) is 4.98 Å². The SMILES string of the molecule is O=Cc1csc(C#CCCS)n1. The third kappa shape index (κ3) is 2.68. The van der Waals surface area contributed by atoms with E-state index in [4.69, 9.17) is 0 Å². The number of aldehydes is 1. The van der Waals surface area contributed by atoms with Crippen LogP contribution in [-0.4, -0.2) is 17.0 Å². The summed E-state index contributed by atoms with van der Waals surface area (Å²) in [6, 6.07) is 0. The van der Waals surface area contributed by atoms with E-state index in [0.717, 1.165) is 18.5 Å². The Bertz CT molecular complexity index is 321. The predicted molar refractivity (Wildman–Crippen MR) is 52.8 cm³/mol. The van der Waals surface area contributed by atoms with Gasteiger partial charge in [-0.05, 0) is 5.92 Å². The van der Waals surface area contributed by atoms with Crippen molar-refractivity contribution in [1.82, 2.24) is 4.98 Å². The average Bonchev–Trinajstić information content (AvgIpc) is 2.53. The van der Waals surface area contributed by atoms with Crippen LogP contribution >= 0.6 is 24.0 Å². The second-order valence-corrected chi connectivity index (χ2v) is 3.28. The quantitative estimate of drug-likeness (QED) is 0.443. The molecule has 2 nitrogen and oxygen atoms in total. The molecule has 0 aromatic carbocycles. The molecule has 0 aliphatic heterocycles. The van der Waals surface area contributed by atoms with Crippen LogP contribution in [0.4, 0.5) is 0 Å². The lowest BCUT2D eigenvalue weighted by molar-refractivity contribution is 0.111. The molecule has 0 radical (unpaired) electrons. The molecule has 1 aromatic heterocycles. The highest BCUT2D eigenvalue weighted by atomic mass is 32.1. The third-order valence-electron chi connectivity index (χ3n) is 1.07. The normalized spacial score (nSPS) is 8.75. The van der Waals surface area contributed by atoms with Crippen molar-refractivity contribution in [3.05, 3.63) is 16.1 Å². The van der Waals surface area contributed by atoms with Crippen molar-refractivity contribution >= 4 is 30.3 Å². The van der Waals surface area contributed by atoms with Crippen LogP contribution in [0.1, 0.15) is 21.9 Å². The van der Waals surface area contributed by atoms with Gasteiger partial charge in [0.25, 0.3) is 0 Å². The fourth-order valence-electron chi connectivity index (χ4n) is 0.592. The summed E-state index contributed by atoms with van der Waals surface area (Å²) >= 11 is 5.40. The van der Waals surface area contributed by atoms with Gasteiger partial charge in [-0.15, -0.1) is 11.3 Å². The van der Waals surface area contributed by atoms with E-state index in [1.807, 2.05) is 0 Å². The van der Waals surface area contributed by atoms with Crippen molar-refractivity contribution in [2.45, 2.75) is 6.42 Å². The summed E-state index contributed by atoms with van der Waals surface area (Å²) in [7, 11) is 0. The summed E-state index contributed by atoms with van der Waals surface area (Å²) in [5.74, 6) is 6.49. The van der Waals surface area contributed by atoms with Gasteiger partial charge in [0, 0.05) is 17.6 Å². The van der Waals surface area contributed by atoms with E-state index < -0.39 is 0 Å². The fraction of sp³-hybridized carbons (Fsp3) is 0.250. The Labute approximate surface area is 80.4 Å². The second-order valence-electron chi connectivity index (χ2n) is 1.97. The topological polar surface area (TPSA) is 30.0 Å². The van der Waals surface area contributed by atoms with Crippen LogP contribution in [0.15, 0.2) is 5.38 Å². The number of thiazole rings is 1. The van der Waals surface area contributed by atoms with E-state index in [9.17, 15) is 4.79 Å². The van der Waals surface area contributed by atoms with E-state index in [1.54, 1.807) is 5.38 Å². The first kappa shape index (κ1) is 9.30. The summed E-state index contributed by atoms with van der Waals surface area (Å²) in [4.78, 5) is 14.2. The lowest BCUT2D eigenvalue weighted by atomic mass is 10.5. The summed E-state index contributed by atoms with van der Waals surface area (Å²) in [6.45, 7) is 0. The maximum atomic E-state index is 10.2. The maximum absolute atomic E-state index is 10.2. The maximum Gasteiger partial charge on any atom is 0.169 e. The lowest BCUT2D eigenvalue weighted by Gasteiger charge is -1.77. The Kier molecular flexibility index (Phi) is 3.85. The zero-order valence-corrected chi connectivity index (χ0v) is 7.99. The third-order valence-corrected chi connectivity index (χ3v) is 2.07. The number of aromatic nitrogens is 1. The first-order valence-electron chi connectivity index (χ1n) is 3.37. The summed E-state index contributed by atoms with van der Waals surface area (Å²) in [5.41, 5.74) is 0.454. The summed E-state index contributed by atoms with van der Waals surface area (Å²) < 4.78 is 0. The number of rotatable bonds is 2. The van der Waals surface area contributed by atoms with Crippen LogP contribution in [0.3, 0.4) is 0 Å². The molecule has 1 aromatic rings. The van der Waals surface area contributed by atoms with E-state index in [1.165, 1.54) is 11.3 Å². The first-order valence-corrected chi connectivity index (χ1v) is 4.88. The van der Waals surface area contributed by atoms with Crippen LogP contribution in [-0.2, 0) is 0 Å². The van der Waals surface area contributed by atoms with Crippen LogP contribution in [0.2, 0.25) is 0 Å². The van der Waals surface area contributed by atoms with Crippen molar-refractivity contribution < 1.29 is 4.79 Å². The highest BCUT2D eigenvalue weighted by Crippen LogP contribution is 2.05. The Morgan fingerprint density at radius 1 is 1.75 bits per heavy atom. The van der Waals surface area contributed by atoms with Gasteiger partial charge in [-0.1, -0.05) is 5.92 Å². The first-order chi connectivity index (χ1) is 5.86. The highest BCUT2D eigenvalue weighted by Gasteiger charge is 1.95. The molecule has 0 N–H and O–H groups in total. The molecular formula is C8H7NOS2. The molecule has 0 amide bonds. The van der Waals surface area contributed by atoms with Gasteiger partial charge < -0.3 is 0 Å². The minimum atomic E-state index is 0.454. The number of hydrogen-bond acceptors (Lipinski definition) is 4. The minimum Gasteiger partial charge on any atom is -0.296 e. The lowest BCUT2D eigenvalue weighted by Crippen LogP contribution is -1.78. The molecule has 62 valence electrons. The number of hydrogen-bond donors (Lipinski definition) is 1. The minimum absolute atomic E-state index is 0.454. The van der Waals surface area contributed by atoms with E-state index >= 15 is 0 Å². The van der Waals surface area contributed by atoms with Crippen LogP contribution < -0.4 is 0 Å². The van der Waals surface area contributed by atoms with Gasteiger partial charge in [-0.2, -0.15) is 12.6 Å². The predicted octanol–water partition coefficient (Wildman–Crippen LogP) is 1.63. The van der Waals surface area contributed by atoms with Crippen LogP contribution in [0, 0.1) is 11.8 Å². The van der Waals surface area contributed by atoms with Gasteiger partial charge in [0.15, 0.2) is 11.3 Å². The monoisotopic (exact) mass is 197 g/mol. The molecule has 0 unspecified atom stereocenters. The summed E-state index contributed by atoms with van der Waals surface area (Å²) in [5, 5.41) is 2.39. The Hall–Kier alpha value is -0.790. The molecule has 1 heterocycles.